The molecule has 14 heavy (non-hydrogen) atoms. The van der Waals surface area contributed by atoms with Gasteiger partial charge in [0, 0.05) is 0 Å². The van der Waals surface area contributed by atoms with Crippen LogP contribution in [0.3, 0.4) is 0 Å². The lowest BCUT2D eigenvalue weighted by molar-refractivity contribution is -0.158. The second kappa shape index (κ2) is 2.96. The molecule has 2 saturated carbocycles. The zero-order valence-corrected chi connectivity index (χ0v) is 9.45. The molecule has 82 valence electrons. The Bertz CT molecular complexity index is 230. The summed E-state index contributed by atoms with van der Waals surface area (Å²) in [6.45, 7) is 6.04. The van der Waals surface area contributed by atoms with Crippen molar-refractivity contribution in [3.05, 3.63) is 0 Å². The summed E-state index contributed by atoms with van der Waals surface area (Å²) in [6.07, 6.45) is 3.80. The summed E-state index contributed by atoms with van der Waals surface area (Å²) in [6, 6.07) is 0. The fraction of sp³-hybridized carbons (Fsp3) is 1.00. The largest absolute Gasteiger partial charge is 0.390 e. The summed E-state index contributed by atoms with van der Waals surface area (Å²) >= 11 is 0. The zero-order chi connectivity index (χ0) is 10.6. The molecule has 2 nitrogen and oxygen atoms in total. The summed E-state index contributed by atoms with van der Waals surface area (Å²) in [5.41, 5.74) is -0.992. The minimum Gasteiger partial charge on any atom is -0.390 e. The molecule has 0 aromatic rings. The van der Waals surface area contributed by atoms with Gasteiger partial charge in [-0.25, -0.2) is 0 Å². The van der Waals surface area contributed by atoms with Crippen LogP contribution in [0.15, 0.2) is 0 Å². The van der Waals surface area contributed by atoms with E-state index in [1.807, 2.05) is 13.8 Å². The molecular formula is C12H22O2. The third-order valence-electron chi connectivity index (χ3n) is 4.91. The third-order valence-corrected chi connectivity index (χ3v) is 4.91. The molecule has 2 fully saturated rings. The highest BCUT2D eigenvalue weighted by Crippen LogP contribution is 2.51. The van der Waals surface area contributed by atoms with Gasteiger partial charge < -0.3 is 10.2 Å². The highest BCUT2D eigenvalue weighted by molar-refractivity contribution is 5.02. The number of hydrogen-bond donors (Lipinski definition) is 2. The molecule has 2 N–H and O–H groups in total. The molecule has 2 aliphatic carbocycles. The maximum Gasteiger partial charge on any atom is 0.0673 e. The molecule has 0 unspecified atom stereocenters. The van der Waals surface area contributed by atoms with E-state index in [2.05, 4.69) is 6.92 Å². The van der Waals surface area contributed by atoms with E-state index in [1.54, 1.807) is 0 Å². The second-order valence-corrected chi connectivity index (χ2v) is 5.89. The van der Waals surface area contributed by atoms with Crippen molar-refractivity contribution in [1.82, 2.24) is 0 Å². The first kappa shape index (κ1) is 10.4. The fourth-order valence-electron chi connectivity index (χ4n) is 3.33. The smallest absolute Gasteiger partial charge is 0.0673 e. The second-order valence-electron chi connectivity index (χ2n) is 5.89. The monoisotopic (exact) mass is 198 g/mol. The van der Waals surface area contributed by atoms with Crippen LogP contribution in [0, 0.1) is 17.8 Å². The maximum atomic E-state index is 10.3. The Morgan fingerprint density at radius 2 is 1.71 bits per heavy atom. The first-order chi connectivity index (χ1) is 6.34. The lowest BCUT2D eigenvalue weighted by atomic mass is 9.56. The van der Waals surface area contributed by atoms with Crippen molar-refractivity contribution in [2.24, 2.45) is 17.8 Å². The molecule has 0 radical (unpaired) electrons. The summed E-state index contributed by atoms with van der Waals surface area (Å²) < 4.78 is 0. The van der Waals surface area contributed by atoms with E-state index < -0.39 is 11.2 Å². The van der Waals surface area contributed by atoms with Crippen LogP contribution in [0.25, 0.3) is 0 Å². The summed E-state index contributed by atoms with van der Waals surface area (Å²) in [4.78, 5) is 0. The van der Waals surface area contributed by atoms with Gasteiger partial charge in [-0.2, -0.15) is 0 Å². The van der Waals surface area contributed by atoms with Gasteiger partial charge in [0.25, 0.3) is 0 Å². The van der Waals surface area contributed by atoms with Crippen molar-refractivity contribution in [1.29, 1.82) is 0 Å². The van der Waals surface area contributed by atoms with Crippen molar-refractivity contribution in [3.63, 3.8) is 0 Å². The SMILES string of the molecule is C[C@H]1C[C@H]2C[C@H](CC[C@@]2(C)O)[C@]1(C)O. The standard InChI is InChI=1S/C12H22O2/c1-8-6-10-7-9(12(8,3)14)4-5-11(10,2)13/h8-10,13-14H,4-7H2,1-3H3/t8-,9-,10-,11+,12+/m0/s1. The Morgan fingerprint density at radius 3 is 2.36 bits per heavy atom. The van der Waals surface area contributed by atoms with Crippen LogP contribution in [0.5, 0.6) is 0 Å². The van der Waals surface area contributed by atoms with Gasteiger partial charge in [-0.05, 0) is 57.3 Å². The first-order valence-electron chi connectivity index (χ1n) is 5.79. The zero-order valence-electron chi connectivity index (χ0n) is 9.45. The Kier molecular flexibility index (Phi) is 2.20. The molecule has 0 aromatic carbocycles. The number of rotatable bonds is 0. The van der Waals surface area contributed by atoms with Crippen LogP contribution in [0.4, 0.5) is 0 Å². The van der Waals surface area contributed by atoms with E-state index in [0.717, 1.165) is 25.7 Å². The van der Waals surface area contributed by atoms with Gasteiger partial charge in [0.05, 0.1) is 11.2 Å². The topological polar surface area (TPSA) is 40.5 Å². The van der Waals surface area contributed by atoms with Gasteiger partial charge in [-0.1, -0.05) is 6.92 Å². The molecule has 0 aliphatic heterocycles. The average molecular weight is 198 g/mol. The predicted molar refractivity (Wildman–Crippen MR) is 55.9 cm³/mol. The van der Waals surface area contributed by atoms with Crippen LogP contribution >= 0.6 is 0 Å². The van der Waals surface area contributed by atoms with Crippen molar-refractivity contribution in [2.45, 2.75) is 57.7 Å². The Labute approximate surface area is 86.3 Å². The lowest BCUT2D eigenvalue weighted by Gasteiger charge is -2.53. The van der Waals surface area contributed by atoms with Crippen LogP contribution in [0.1, 0.15) is 46.5 Å². The molecule has 0 saturated heterocycles. The Balaban J connectivity index is 2.21. The summed E-state index contributed by atoms with van der Waals surface area (Å²) in [5, 5.41) is 20.5. The molecule has 0 heterocycles. The molecule has 2 heteroatoms. The Hall–Kier alpha value is -0.0800. The van der Waals surface area contributed by atoms with E-state index in [9.17, 15) is 10.2 Å². The van der Waals surface area contributed by atoms with Crippen molar-refractivity contribution in [2.75, 3.05) is 0 Å². The molecule has 5 atom stereocenters. The minimum absolute atomic E-state index is 0.318. The van der Waals surface area contributed by atoms with Crippen molar-refractivity contribution < 1.29 is 10.2 Å². The highest BCUT2D eigenvalue weighted by Gasteiger charge is 2.51. The Morgan fingerprint density at radius 1 is 1.07 bits per heavy atom. The van der Waals surface area contributed by atoms with E-state index in [-0.39, 0.29) is 0 Å². The molecule has 0 spiro atoms. The van der Waals surface area contributed by atoms with Crippen LogP contribution in [0.2, 0.25) is 0 Å². The fourth-order valence-corrected chi connectivity index (χ4v) is 3.33. The summed E-state index contributed by atoms with van der Waals surface area (Å²) in [7, 11) is 0. The average Bonchev–Trinajstić information content (AvgIpc) is 2.06. The van der Waals surface area contributed by atoms with E-state index in [0.29, 0.717) is 17.8 Å². The maximum absolute atomic E-state index is 10.3. The molecular weight excluding hydrogens is 176 g/mol. The first-order valence-corrected chi connectivity index (χ1v) is 5.79. The van der Waals surface area contributed by atoms with E-state index in [4.69, 9.17) is 0 Å². The van der Waals surface area contributed by atoms with Crippen LogP contribution in [-0.4, -0.2) is 21.4 Å². The normalized spacial score (nSPS) is 58.5. The van der Waals surface area contributed by atoms with Gasteiger partial charge in [0.1, 0.15) is 0 Å². The molecule has 2 aliphatic rings. The van der Waals surface area contributed by atoms with Gasteiger partial charge in [-0.3, -0.25) is 0 Å². The van der Waals surface area contributed by atoms with Crippen LogP contribution in [-0.2, 0) is 0 Å². The van der Waals surface area contributed by atoms with Gasteiger partial charge in [-0.15, -0.1) is 0 Å². The molecule has 0 aromatic heterocycles. The van der Waals surface area contributed by atoms with Gasteiger partial charge in [0.15, 0.2) is 0 Å². The number of fused-ring (bicyclic) bond motifs is 2. The third kappa shape index (κ3) is 1.40. The van der Waals surface area contributed by atoms with Crippen molar-refractivity contribution in [3.8, 4) is 0 Å². The number of aliphatic hydroxyl groups is 2. The van der Waals surface area contributed by atoms with Gasteiger partial charge >= 0.3 is 0 Å². The molecule has 2 rings (SSSR count). The van der Waals surface area contributed by atoms with E-state index >= 15 is 0 Å². The minimum atomic E-state index is -0.507. The molecule has 2 bridgehead atoms. The van der Waals surface area contributed by atoms with E-state index in [1.165, 1.54) is 0 Å². The van der Waals surface area contributed by atoms with Crippen molar-refractivity contribution >= 4 is 0 Å². The molecule has 0 amide bonds. The lowest BCUT2D eigenvalue weighted by Crippen LogP contribution is -2.55. The number of hydrogen-bond acceptors (Lipinski definition) is 2. The van der Waals surface area contributed by atoms with Crippen LogP contribution < -0.4 is 0 Å². The predicted octanol–water partition coefficient (Wildman–Crippen LogP) is 1.94. The summed E-state index contributed by atoms with van der Waals surface area (Å²) in [5.74, 6) is 1.12. The highest BCUT2D eigenvalue weighted by atomic mass is 16.3. The quantitative estimate of drug-likeness (QED) is 0.624. The van der Waals surface area contributed by atoms with Gasteiger partial charge in [0.2, 0.25) is 0 Å².